The lowest BCUT2D eigenvalue weighted by Crippen LogP contribution is -2.15. The molecule has 1 aromatic rings. The fourth-order valence-electron chi connectivity index (χ4n) is 1.09. The molecule has 1 aromatic heterocycles. The minimum atomic E-state index is 0.731. The SMILES string of the molecule is Clc1cnccc1CNC1CC1. The maximum atomic E-state index is 5.93. The molecule has 3 heteroatoms. The standard InChI is InChI=1S/C9H11ClN2/c10-9-6-11-4-3-7(9)5-12-8-1-2-8/h3-4,6,8,12H,1-2,5H2. The van der Waals surface area contributed by atoms with Crippen LogP contribution in [0, 0.1) is 0 Å². The molecule has 0 saturated heterocycles. The van der Waals surface area contributed by atoms with Crippen molar-refractivity contribution < 1.29 is 0 Å². The Morgan fingerprint density at radius 3 is 3.08 bits per heavy atom. The van der Waals surface area contributed by atoms with E-state index in [1.165, 1.54) is 12.8 Å². The Kier molecular flexibility index (Phi) is 2.28. The Morgan fingerprint density at radius 2 is 2.42 bits per heavy atom. The third-order valence-corrected chi connectivity index (χ3v) is 2.36. The molecule has 0 bridgehead atoms. The van der Waals surface area contributed by atoms with Crippen LogP contribution in [0.2, 0.25) is 5.02 Å². The first-order valence-electron chi connectivity index (χ1n) is 4.18. The number of hydrogen-bond donors (Lipinski definition) is 1. The first kappa shape index (κ1) is 8.02. The van der Waals surface area contributed by atoms with Gasteiger partial charge in [0, 0.05) is 25.0 Å². The van der Waals surface area contributed by atoms with E-state index in [-0.39, 0.29) is 0 Å². The lowest BCUT2D eigenvalue weighted by Gasteiger charge is -2.03. The largest absolute Gasteiger partial charge is 0.310 e. The monoisotopic (exact) mass is 182 g/mol. The highest BCUT2D eigenvalue weighted by atomic mass is 35.5. The van der Waals surface area contributed by atoms with Gasteiger partial charge in [0.05, 0.1) is 5.02 Å². The number of pyridine rings is 1. The summed E-state index contributed by atoms with van der Waals surface area (Å²) < 4.78 is 0. The summed E-state index contributed by atoms with van der Waals surface area (Å²) in [4.78, 5) is 3.93. The van der Waals surface area contributed by atoms with E-state index in [2.05, 4.69) is 10.3 Å². The van der Waals surface area contributed by atoms with E-state index < -0.39 is 0 Å². The Labute approximate surface area is 77.0 Å². The average molecular weight is 183 g/mol. The van der Waals surface area contributed by atoms with E-state index in [0.717, 1.165) is 23.2 Å². The maximum absolute atomic E-state index is 5.93. The molecule has 2 rings (SSSR count). The molecule has 0 amide bonds. The van der Waals surface area contributed by atoms with Crippen LogP contribution in [0.15, 0.2) is 18.5 Å². The van der Waals surface area contributed by atoms with Crippen LogP contribution >= 0.6 is 11.6 Å². The summed E-state index contributed by atoms with van der Waals surface area (Å²) >= 11 is 5.93. The van der Waals surface area contributed by atoms with Crippen molar-refractivity contribution in [3.05, 3.63) is 29.0 Å². The number of nitrogens with zero attached hydrogens (tertiary/aromatic N) is 1. The summed E-state index contributed by atoms with van der Waals surface area (Å²) in [6.07, 6.45) is 6.08. The highest BCUT2D eigenvalue weighted by molar-refractivity contribution is 6.31. The second kappa shape index (κ2) is 3.42. The van der Waals surface area contributed by atoms with Gasteiger partial charge in [-0.1, -0.05) is 11.6 Å². The van der Waals surface area contributed by atoms with Crippen molar-refractivity contribution in [3.63, 3.8) is 0 Å². The molecule has 1 fully saturated rings. The van der Waals surface area contributed by atoms with Gasteiger partial charge in [-0.15, -0.1) is 0 Å². The summed E-state index contributed by atoms with van der Waals surface area (Å²) in [5.41, 5.74) is 1.14. The maximum Gasteiger partial charge on any atom is 0.0634 e. The van der Waals surface area contributed by atoms with Gasteiger partial charge < -0.3 is 5.32 Å². The Balaban J connectivity index is 1.96. The van der Waals surface area contributed by atoms with Gasteiger partial charge >= 0.3 is 0 Å². The van der Waals surface area contributed by atoms with Crippen LogP contribution in [0.1, 0.15) is 18.4 Å². The summed E-state index contributed by atoms with van der Waals surface area (Å²) in [6, 6.07) is 2.69. The molecule has 64 valence electrons. The van der Waals surface area contributed by atoms with Crippen LogP contribution in [0.5, 0.6) is 0 Å². The second-order valence-electron chi connectivity index (χ2n) is 3.12. The van der Waals surface area contributed by atoms with Crippen LogP contribution < -0.4 is 5.32 Å². The smallest absolute Gasteiger partial charge is 0.0634 e. The van der Waals surface area contributed by atoms with Gasteiger partial charge in [0.1, 0.15) is 0 Å². The quantitative estimate of drug-likeness (QED) is 0.774. The van der Waals surface area contributed by atoms with E-state index in [4.69, 9.17) is 11.6 Å². The minimum Gasteiger partial charge on any atom is -0.310 e. The third kappa shape index (κ3) is 1.96. The third-order valence-electron chi connectivity index (χ3n) is 2.01. The fraction of sp³-hybridized carbons (Fsp3) is 0.444. The van der Waals surface area contributed by atoms with Crippen LogP contribution in [0.25, 0.3) is 0 Å². The van der Waals surface area contributed by atoms with Crippen molar-refractivity contribution in [3.8, 4) is 0 Å². The molecule has 0 radical (unpaired) electrons. The predicted octanol–water partition coefficient (Wildman–Crippen LogP) is 1.99. The summed E-state index contributed by atoms with van der Waals surface area (Å²) in [5.74, 6) is 0. The number of halogens is 1. The predicted molar refractivity (Wildman–Crippen MR) is 49.1 cm³/mol. The van der Waals surface area contributed by atoms with Gasteiger partial charge in [-0.2, -0.15) is 0 Å². The lowest BCUT2D eigenvalue weighted by molar-refractivity contribution is 0.687. The van der Waals surface area contributed by atoms with Crippen molar-refractivity contribution in [1.29, 1.82) is 0 Å². The molecule has 0 atom stereocenters. The molecular formula is C9H11ClN2. The molecule has 0 aliphatic heterocycles. The van der Waals surface area contributed by atoms with E-state index in [1.807, 2.05) is 6.07 Å². The highest BCUT2D eigenvalue weighted by Crippen LogP contribution is 2.20. The first-order chi connectivity index (χ1) is 5.86. The zero-order chi connectivity index (χ0) is 8.39. The molecule has 12 heavy (non-hydrogen) atoms. The van der Waals surface area contributed by atoms with Crippen LogP contribution in [0.3, 0.4) is 0 Å². The normalized spacial score (nSPS) is 16.4. The van der Waals surface area contributed by atoms with Gasteiger partial charge in [0.15, 0.2) is 0 Å². The van der Waals surface area contributed by atoms with Crippen molar-refractivity contribution in [2.24, 2.45) is 0 Å². The molecule has 0 spiro atoms. The van der Waals surface area contributed by atoms with Crippen LogP contribution in [-0.4, -0.2) is 11.0 Å². The zero-order valence-corrected chi connectivity index (χ0v) is 7.51. The van der Waals surface area contributed by atoms with Gasteiger partial charge in [-0.25, -0.2) is 0 Å². The lowest BCUT2D eigenvalue weighted by atomic mass is 10.2. The Hall–Kier alpha value is -0.600. The number of aromatic nitrogens is 1. The van der Waals surface area contributed by atoms with Gasteiger partial charge in [-0.3, -0.25) is 4.98 Å². The fourth-order valence-corrected chi connectivity index (χ4v) is 1.28. The van der Waals surface area contributed by atoms with Gasteiger partial charge in [0.2, 0.25) is 0 Å². The molecule has 1 saturated carbocycles. The van der Waals surface area contributed by atoms with Gasteiger partial charge in [-0.05, 0) is 24.5 Å². The van der Waals surface area contributed by atoms with Crippen LogP contribution in [0.4, 0.5) is 0 Å². The van der Waals surface area contributed by atoms with Crippen LogP contribution in [-0.2, 0) is 6.54 Å². The van der Waals surface area contributed by atoms with Crippen molar-refractivity contribution in [2.45, 2.75) is 25.4 Å². The highest BCUT2D eigenvalue weighted by Gasteiger charge is 2.20. The Morgan fingerprint density at radius 1 is 1.58 bits per heavy atom. The molecule has 0 unspecified atom stereocenters. The number of hydrogen-bond acceptors (Lipinski definition) is 2. The molecule has 1 N–H and O–H groups in total. The molecule has 1 heterocycles. The number of nitrogens with one attached hydrogen (secondary N) is 1. The minimum absolute atomic E-state index is 0.731. The summed E-state index contributed by atoms with van der Waals surface area (Å²) in [6.45, 7) is 0.867. The molecule has 2 nitrogen and oxygen atoms in total. The molecule has 1 aliphatic carbocycles. The van der Waals surface area contributed by atoms with Gasteiger partial charge in [0.25, 0.3) is 0 Å². The summed E-state index contributed by atoms with van der Waals surface area (Å²) in [7, 11) is 0. The van der Waals surface area contributed by atoms with E-state index in [0.29, 0.717) is 0 Å². The summed E-state index contributed by atoms with van der Waals surface area (Å²) in [5, 5.41) is 4.16. The number of rotatable bonds is 3. The van der Waals surface area contributed by atoms with E-state index in [9.17, 15) is 0 Å². The molecule has 1 aliphatic rings. The molecule has 0 aromatic carbocycles. The topological polar surface area (TPSA) is 24.9 Å². The average Bonchev–Trinajstić information content (AvgIpc) is 2.86. The van der Waals surface area contributed by atoms with Crippen molar-refractivity contribution >= 4 is 11.6 Å². The van der Waals surface area contributed by atoms with Crippen molar-refractivity contribution in [1.82, 2.24) is 10.3 Å². The molecular weight excluding hydrogens is 172 g/mol. The van der Waals surface area contributed by atoms with E-state index in [1.54, 1.807) is 12.4 Å². The zero-order valence-electron chi connectivity index (χ0n) is 6.76. The van der Waals surface area contributed by atoms with E-state index >= 15 is 0 Å². The first-order valence-corrected chi connectivity index (χ1v) is 4.56. The Bertz CT molecular complexity index is 271. The van der Waals surface area contributed by atoms with Crippen molar-refractivity contribution in [2.75, 3.05) is 0 Å². The second-order valence-corrected chi connectivity index (χ2v) is 3.53.